The highest BCUT2D eigenvalue weighted by molar-refractivity contribution is 7.13. The molecule has 0 radical (unpaired) electrons. The number of thiazole rings is 1. The van der Waals surface area contributed by atoms with E-state index in [0.717, 1.165) is 24.0 Å². The van der Waals surface area contributed by atoms with Crippen LogP contribution < -0.4 is 10.6 Å². The lowest BCUT2D eigenvalue weighted by Gasteiger charge is -2.60. The smallest absolute Gasteiger partial charge is 0.321 e. The van der Waals surface area contributed by atoms with Gasteiger partial charge in [0.05, 0.1) is 5.69 Å². The largest absolute Gasteiger partial charge is 0.338 e. The SMILES string of the molecule is CN1C(=O)C=C[C@]2(C)[C@H]3CC[C@]4(C)[C@@H](c5csc(NC(=O)NCC6CCCCC6)n5)CC[C@H]4[C@@H]3CC[C@@H]12. The van der Waals surface area contributed by atoms with Gasteiger partial charge in [-0.25, -0.2) is 9.78 Å². The average molecular weight is 525 g/mol. The lowest BCUT2D eigenvalue weighted by molar-refractivity contribution is -0.138. The molecule has 0 bridgehead atoms. The first-order valence-electron chi connectivity index (χ1n) is 14.8. The van der Waals surface area contributed by atoms with Crippen molar-refractivity contribution < 1.29 is 9.59 Å². The van der Waals surface area contributed by atoms with E-state index >= 15 is 0 Å². The summed E-state index contributed by atoms with van der Waals surface area (Å²) in [6.07, 6.45) is 17.7. The van der Waals surface area contributed by atoms with Gasteiger partial charge in [0, 0.05) is 36.3 Å². The van der Waals surface area contributed by atoms with Gasteiger partial charge in [-0.05, 0) is 86.5 Å². The lowest BCUT2D eigenvalue weighted by atomic mass is 9.47. The quantitative estimate of drug-likeness (QED) is 0.468. The molecule has 3 amide bonds. The van der Waals surface area contributed by atoms with Crippen LogP contribution in [0.4, 0.5) is 9.93 Å². The van der Waals surface area contributed by atoms with Gasteiger partial charge >= 0.3 is 6.03 Å². The number of urea groups is 1. The Kier molecular flexibility index (Phi) is 6.65. The van der Waals surface area contributed by atoms with Crippen LogP contribution in [0.25, 0.3) is 0 Å². The van der Waals surface area contributed by atoms with Crippen molar-refractivity contribution in [2.45, 2.75) is 96.4 Å². The fourth-order valence-electron chi connectivity index (χ4n) is 9.50. The number of carbonyl (C=O) groups excluding carboxylic acids is 2. The third kappa shape index (κ3) is 4.33. The van der Waals surface area contributed by atoms with Crippen molar-refractivity contribution in [3.05, 3.63) is 23.2 Å². The number of anilines is 1. The predicted molar refractivity (Wildman–Crippen MR) is 149 cm³/mol. The highest BCUT2D eigenvalue weighted by Gasteiger charge is 2.60. The Morgan fingerprint density at radius 2 is 1.89 bits per heavy atom. The molecule has 5 aliphatic rings. The molecule has 7 atom stereocenters. The number of fused-ring (bicyclic) bond motifs is 5. The van der Waals surface area contributed by atoms with Crippen molar-refractivity contribution in [2.24, 2.45) is 34.5 Å². The first-order valence-corrected chi connectivity index (χ1v) is 15.6. The average Bonchev–Trinajstić information content (AvgIpc) is 3.49. The zero-order valence-corrected chi connectivity index (χ0v) is 23.6. The molecule has 0 spiro atoms. The van der Waals surface area contributed by atoms with E-state index in [9.17, 15) is 9.59 Å². The van der Waals surface area contributed by atoms with Crippen LogP contribution in [0.1, 0.15) is 96.1 Å². The number of amides is 3. The minimum Gasteiger partial charge on any atom is -0.338 e. The molecule has 0 unspecified atom stereocenters. The predicted octanol–water partition coefficient (Wildman–Crippen LogP) is 6.57. The fraction of sp³-hybridized carbons (Fsp3) is 0.767. The topological polar surface area (TPSA) is 74.3 Å². The molecule has 1 aromatic heterocycles. The van der Waals surface area contributed by atoms with Crippen molar-refractivity contribution in [3.63, 3.8) is 0 Å². The molecule has 2 N–H and O–H groups in total. The number of aromatic nitrogens is 1. The highest BCUT2D eigenvalue weighted by atomic mass is 32.1. The molecule has 4 fully saturated rings. The Morgan fingerprint density at radius 1 is 1.08 bits per heavy atom. The Labute approximate surface area is 226 Å². The van der Waals surface area contributed by atoms with E-state index in [1.807, 2.05) is 18.0 Å². The van der Waals surface area contributed by atoms with Gasteiger partial charge in [-0.1, -0.05) is 39.2 Å². The summed E-state index contributed by atoms with van der Waals surface area (Å²) in [7, 11) is 2.00. The van der Waals surface area contributed by atoms with Gasteiger partial charge in [0.25, 0.3) is 0 Å². The molecule has 4 saturated carbocycles. The number of nitrogens with zero attached hydrogens (tertiary/aromatic N) is 2. The lowest BCUT2D eigenvalue weighted by Crippen LogP contribution is -2.59. The van der Waals surface area contributed by atoms with E-state index in [-0.39, 0.29) is 22.8 Å². The van der Waals surface area contributed by atoms with Gasteiger partial charge in [-0.3, -0.25) is 10.1 Å². The molecule has 202 valence electrons. The Morgan fingerprint density at radius 3 is 2.70 bits per heavy atom. The second kappa shape index (κ2) is 9.69. The van der Waals surface area contributed by atoms with E-state index in [4.69, 9.17) is 4.98 Å². The summed E-state index contributed by atoms with van der Waals surface area (Å²) >= 11 is 1.57. The second-order valence-electron chi connectivity index (χ2n) is 13.2. The minimum absolute atomic E-state index is 0.0910. The first kappa shape index (κ1) is 25.4. The van der Waals surface area contributed by atoms with Gasteiger partial charge in [-0.2, -0.15) is 0 Å². The molecule has 37 heavy (non-hydrogen) atoms. The summed E-state index contributed by atoms with van der Waals surface area (Å²) in [5, 5.41) is 9.02. The summed E-state index contributed by atoms with van der Waals surface area (Å²) < 4.78 is 0. The number of hydrogen-bond acceptors (Lipinski definition) is 4. The van der Waals surface area contributed by atoms with Gasteiger partial charge in [0.15, 0.2) is 5.13 Å². The molecule has 2 heterocycles. The summed E-state index contributed by atoms with van der Waals surface area (Å²) in [5.74, 6) is 3.33. The molecule has 1 aromatic rings. The maximum Gasteiger partial charge on any atom is 0.321 e. The van der Waals surface area contributed by atoms with Crippen molar-refractivity contribution in [1.82, 2.24) is 15.2 Å². The zero-order chi connectivity index (χ0) is 25.8. The molecule has 6 rings (SSSR count). The second-order valence-corrected chi connectivity index (χ2v) is 14.1. The summed E-state index contributed by atoms with van der Waals surface area (Å²) in [5.41, 5.74) is 1.53. The van der Waals surface area contributed by atoms with E-state index in [2.05, 4.69) is 35.9 Å². The molecule has 4 aliphatic carbocycles. The molecule has 1 aliphatic heterocycles. The Balaban J connectivity index is 1.12. The van der Waals surface area contributed by atoms with Crippen LogP contribution in [0.2, 0.25) is 0 Å². The molecule has 7 heteroatoms. The minimum atomic E-state index is -0.114. The van der Waals surface area contributed by atoms with E-state index < -0.39 is 0 Å². The Bertz CT molecular complexity index is 1060. The van der Waals surface area contributed by atoms with Crippen LogP contribution >= 0.6 is 11.3 Å². The van der Waals surface area contributed by atoms with E-state index in [0.29, 0.717) is 29.7 Å². The maximum atomic E-state index is 12.5. The van der Waals surface area contributed by atoms with Gasteiger partial charge in [-0.15, -0.1) is 11.3 Å². The molecule has 0 saturated heterocycles. The van der Waals surface area contributed by atoms with Crippen molar-refractivity contribution in [3.8, 4) is 0 Å². The standard InChI is InChI=1S/C30H44N4O2S/c1-29-15-13-22-20(9-12-25-30(22,2)16-14-26(35)34(25)3)21(29)10-11-23(29)24-18-37-28(32-24)33-27(36)31-17-19-7-5-4-6-8-19/h14,16,18-23,25H,4-13,15,17H2,1-3H3,(H2,31,32,33,36)/t20-,21-,22-,23+,25+,29-,30+/m0/s1. The van der Waals surface area contributed by atoms with E-state index in [1.54, 1.807) is 11.3 Å². The normalized spacial score (nSPS) is 39.6. The fourth-order valence-corrected chi connectivity index (χ4v) is 10.3. The molecular formula is C30H44N4O2S. The molecular weight excluding hydrogens is 480 g/mol. The number of likely N-dealkylation sites (N-methyl/N-ethyl adjacent to an activating group) is 1. The zero-order valence-electron chi connectivity index (χ0n) is 22.8. The third-order valence-electron chi connectivity index (χ3n) is 11.5. The van der Waals surface area contributed by atoms with Gasteiger partial charge in [0.1, 0.15) is 0 Å². The number of nitrogens with one attached hydrogen (secondary N) is 2. The molecule has 0 aromatic carbocycles. The van der Waals surface area contributed by atoms with Crippen molar-refractivity contribution >= 4 is 28.4 Å². The van der Waals surface area contributed by atoms with Crippen LogP contribution in [-0.4, -0.2) is 41.5 Å². The number of hydrogen-bond donors (Lipinski definition) is 2. The van der Waals surface area contributed by atoms with Gasteiger partial charge < -0.3 is 10.2 Å². The maximum absolute atomic E-state index is 12.5. The van der Waals surface area contributed by atoms with Crippen LogP contribution in [-0.2, 0) is 4.79 Å². The van der Waals surface area contributed by atoms with Crippen LogP contribution in [0.15, 0.2) is 17.5 Å². The summed E-state index contributed by atoms with van der Waals surface area (Å²) in [6.45, 7) is 5.71. The van der Waals surface area contributed by atoms with Crippen molar-refractivity contribution in [1.29, 1.82) is 0 Å². The summed E-state index contributed by atoms with van der Waals surface area (Å²) in [6, 6.07) is 0.223. The number of carbonyl (C=O) groups is 2. The Hall–Kier alpha value is -1.89. The monoisotopic (exact) mass is 524 g/mol. The van der Waals surface area contributed by atoms with Crippen LogP contribution in [0, 0.1) is 34.5 Å². The first-order chi connectivity index (χ1) is 17.8. The number of rotatable bonds is 4. The van der Waals surface area contributed by atoms with Crippen LogP contribution in [0.5, 0.6) is 0 Å². The molecule has 6 nitrogen and oxygen atoms in total. The third-order valence-corrected chi connectivity index (χ3v) is 12.3. The van der Waals surface area contributed by atoms with Gasteiger partial charge in [0.2, 0.25) is 5.91 Å². The highest BCUT2D eigenvalue weighted by Crippen LogP contribution is 2.67. The van der Waals surface area contributed by atoms with Crippen LogP contribution in [0.3, 0.4) is 0 Å². The van der Waals surface area contributed by atoms with E-state index in [1.165, 1.54) is 69.9 Å². The summed E-state index contributed by atoms with van der Waals surface area (Å²) in [4.78, 5) is 31.9. The van der Waals surface area contributed by atoms with Crippen molar-refractivity contribution in [2.75, 3.05) is 18.9 Å².